The summed E-state index contributed by atoms with van der Waals surface area (Å²) < 4.78 is 31.1. The Hall–Kier alpha value is -1.57. The largest absolute Gasteiger partial charge is 0.459 e. The molecule has 0 aliphatic carbocycles. The number of anilines is 1. The number of ether oxygens (including phenoxy) is 2. The molecular formula is C16H16FNO4S. The first-order valence-corrected chi connectivity index (χ1v) is 8.46. The summed E-state index contributed by atoms with van der Waals surface area (Å²) in [5.41, 5.74) is 1.85. The summed E-state index contributed by atoms with van der Waals surface area (Å²) in [5, 5.41) is 0.529. The third-order valence-electron chi connectivity index (χ3n) is 4.29. The number of thioether (sulfide) groups is 1. The lowest BCUT2D eigenvalue weighted by atomic mass is 10.0. The fourth-order valence-corrected chi connectivity index (χ4v) is 4.00. The SMILES string of the molecule is Cc1c(C2OCCO2)cc2c(N3C(=O)SC[C@@H]3C)coc2c1F. The molecule has 1 atom stereocenters. The summed E-state index contributed by atoms with van der Waals surface area (Å²) in [4.78, 5) is 13.8. The molecule has 2 aromatic rings. The van der Waals surface area contributed by atoms with E-state index in [-0.39, 0.29) is 16.9 Å². The van der Waals surface area contributed by atoms with E-state index in [2.05, 4.69) is 0 Å². The molecule has 1 aromatic heterocycles. The molecule has 23 heavy (non-hydrogen) atoms. The summed E-state index contributed by atoms with van der Waals surface area (Å²) in [7, 11) is 0. The fraction of sp³-hybridized carbons (Fsp3) is 0.438. The minimum absolute atomic E-state index is 0.0418. The van der Waals surface area contributed by atoms with Crippen LogP contribution < -0.4 is 4.90 Å². The maximum atomic E-state index is 14.7. The van der Waals surface area contributed by atoms with Crippen LogP contribution in [-0.2, 0) is 9.47 Å². The first-order valence-electron chi connectivity index (χ1n) is 7.47. The second kappa shape index (κ2) is 5.51. The van der Waals surface area contributed by atoms with E-state index in [1.165, 1.54) is 18.0 Å². The third-order valence-corrected chi connectivity index (χ3v) is 5.38. The summed E-state index contributed by atoms with van der Waals surface area (Å²) in [6.45, 7) is 4.61. The predicted molar refractivity (Wildman–Crippen MR) is 85.3 cm³/mol. The van der Waals surface area contributed by atoms with Crippen LogP contribution in [0.5, 0.6) is 0 Å². The topological polar surface area (TPSA) is 51.9 Å². The van der Waals surface area contributed by atoms with Gasteiger partial charge in [-0.05, 0) is 25.5 Å². The lowest BCUT2D eigenvalue weighted by molar-refractivity contribution is -0.0446. The van der Waals surface area contributed by atoms with Gasteiger partial charge >= 0.3 is 0 Å². The smallest absolute Gasteiger partial charge is 0.286 e. The van der Waals surface area contributed by atoms with Gasteiger partial charge in [-0.15, -0.1) is 0 Å². The molecule has 0 unspecified atom stereocenters. The third kappa shape index (κ3) is 2.26. The molecule has 0 spiro atoms. The normalized spacial score (nSPS) is 22.7. The van der Waals surface area contributed by atoms with Crippen LogP contribution in [0.25, 0.3) is 11.0 Å². The van der Waals surface area contributed by atoms with Crippen LogP contribution in [0.1, 0.15) is 24.3 Å². The van der Waals surface area contributed by atoms with E-state index in [1.54, 1.807) is 11.8 Å². The number of nitrogens with zero attached hydrogens (tertiary/aromatic N) is 1. The molecule has 2 saturated heterocycles. The number of hydrogen-bond acceptors (Lipinski definition) is 5. The molecular weight excluding hydrogens is 321 g/mol. The highest BCUT2D eigenvalue weighted by molar-refractivity contribution is 8.14. The van der Waals surface area contributed by atoms with Gasteiger partial charge in [-0.2, -0.15) is 0 Å². The first-order chi connectivity index (χ1) is 11.1. The fourth-order valence-electron chi connectivity index (χ4n) is 3.05. The monoisotopic (exact) mass is 337 g/mol. The van der Waals surface area contributed by atoms with E-state index in [1.807, 2.05) is 13.0 Å². The second-order valence-corrected chi connectivity index (χ2v) is 6.74. The van der Waals surface area contributed by atoms with Gasteiger partial charge in [0, 0.05) is 22.7 Å². The van der Waals surface area contributed by atoms with Crippen LogP contribution >= 0.6 is 11.8 Å². The van der Waals surface area contributed by atoms with E-state index < -0.39 is 12.1 Å². The Morgan fingerprint density at radius 3 is 2.74 bits per heavy atom. The molecule has 0 bridgehead atoms. The van der Waals surface area contributed by atoms with Crippen LogP contribution in [-0.4, -0.2) is 30.2 Å². The van der Waals surface area contributed by atoms with Gasteiger partial charge in [0.05, 0.1) is 18.9 Å². The molecule has 2 aliphatic rings. The Labute approximate surface area is 136 Å². The Kier molecular flexibility index (Phi) is 3.59. The van der Waals surface area contributed by atoms with Crippen molar-refractivity contribution in [2.45, 2.75) is 26.2 Å². The van der Waals surface area contributed by atoms with Crippen molar-refractivity contribution in [1.82, 2.24) is 0 Å². The molecule has 1 amide bonds. The number of furan rings is 1. The van der Waals surface area contributed by atoms with E-state index >= 15 is 0 Å². The van der Waals surface area contributed by atoms with Crippen LogP contribution in [0, 0.1) is 12.7 Å². The number of amides is 1. The molecule has 122 valence electrons. The number of carbonyl (C=O) groups excluding carboxylic acids is 1. The Morgan fingerprint density at radius 2 is 2.09 bits per heavy atom. The van der Waals surface area contributed by atoms with E-state index in [4.69, 9.17) is 13.9 Å². The molecule has 4 rings (SSSR count). The van der Waals surface area contributed by atoms with Crippen molar-refractivity contribution in [2.75, 3.05) is 23.9 Å². The summed E-state index contributed by atoms with van der Waals surface area (Å²) in [6.07, 6.45) is 0.880. The highest BCUT2D eigenvalue weighted by Gasteiger charge is 2.33. The lowest BCUT2D eigenvalue weighted by Gasteiger charge is -2.19. The number of hydrogen-bond donors (Lipinski definition) is 0. The molecule has 3 heterocycles. The standard InChI is InChI=1S/C16H16FNO4S/c1-8-7-23-16(19)18(8)12-6-22-14-11(12)5-10(9(2)13(14)17)15-20-3-4-21-15/h5-6,8,15H,3-4,7H2,1-2H3/t8-/m0/s1. The van der Waals surface area contributed by atoms with Crippen LogP contribution in [0.15, 0.2) is 16.7 Å². The maximum absolute atomic E-state index is 14.7. The summed E-state index contributed by atoms with van der Waals surface area (Å²) in [6, 6.07) is 1.85. The minimum atomic E-state index is -0.572. The summed E-state index contributed by atoms with van der Waals surface area (Å²) >= 11 is 1.26. The van der Waals surface area contributed by atoms with Gasteiger partial charge in [0.15, 0.2) is 17.7 Å². The highest BCUT2D eigenvalue weighted by atomic mass is 32.2. The lowest BCUT2D eigenvalue weighted by Crippen LogP contribution is -2.30. The molecule has 0 saturated carbocycles. The average Bonchev–Trinajstić information content (AvgIpc) is 3.24. The number of fused-ring (bicyclic) bond motifs is 1. The molecule has 1 aromatic carbocycles. The highest BCUT2D eigenvalue weighted by Crippen LogP contribution is 2.40. The molecule has 7 heteroatoms. The number of benzene rings is 1. The van der Waals surface area contributed by atoms with Crippen molar-refractivity contribution in [1.29, 1.82) is 0 Å². The maximum Gasteiger partial charge on any atom is 0.286 e. The van der Waals surface area contributed by atoms with Gasteiger partial charge in [0.2, 0.25) is 0 Å². The van der Waals surface area contributed by atoms with Crippen molar-refractivity contribution in [3.05, 3.63) is 29.3 Å². The Bertz CT molecular complexity index is 784. The van der Waals surface area contributed by atoms with Gasteiger partial charge in [-0.1, -0.05) is 11.8 Å². The Morgan fingerprint density at radius 1 is 1.35 bits per heavy atom. The predicted octanol–water partition coefficient (Wildman–Crippen LogP) is 3.99. The Balaban J connectivity index is 1.89. The van der Waals surface area contributed by atoms with Gasteiger partial charge in [-0.3, -0.25) is 9.69 Å². The zero-order chi connectivity index (χ0) is 16.1. The van der Waals surface area contributed by atoms with Gasteiger partial charge in [-0.25, -0.2) is 4.39 Å². The minimum Gasteiger partial charge on any atom is -0.459 e. The zero-order valence-corrected chi connectivity index (χ0v) is 13.6. The van der Waals surface area contributed by atoms with E-state index in [0.29, 0.717) is 41.2 Å². The van der Waals surface area contributed by atoms with Crippen molar-refractivity contribution >= 4 is 33.7 Å². The first kappa shape index (κ1) is 15.0. The molecule has 2 aliphatic heterocycles. The molecule has 5 nitrogen and oxygen atoms in total. The van der Waals surface area contributed by atoms with Crippen molar-refractivity contribution in [2.24, 2.45) is 0 Å². The van der Waals surface area contributed by atoms with Crippen molar-refractivity contribution < 1.29 is 23.1 Å². The van der Waals surface area contributed by atoms with Crippen LogP contribution in [0.2, 0.25) is 0 Å². The molecule has 0 N–H and O–H groups in total. The van der Waals surface area contributed by atoms with Gasteiger partial charge < -0.3 is 13.9 Å². The quantitative estimate of drug-likeness (QED) is 0.829. The van der Waals surface area contributed by atoms with Gasteiger partial charge in [0.1, 0.15) is 6.26 Å². The van der Waals surface area contributed by atoms with Crippen LogP contribution in [0.3, 0.4) is 0 Å². The molecule has 0 radical (unpaired) electrons. The zero-order valence-electron chi connectivity index (χ0n) is 12.8. The van der Waals surface area contributed by atoms with Gasteiger partial charge in [0.25, 0.3) is 5.24 Å². The number of rotatable bonds is 2. The van der Waals surface area contributed by atoms with Crippen molar-refractivity contribution in [3.8, 4) is 0 Å². The number of halogens is 1. The van der Waals surface area contributed by atoms with Crippen molar-refractivity contribution in [3.63, 3.8) is 0 Å². The second-order valence-electron chi connectivity index (χ2n) is 5.77. The average molecular weight is 337 g/mol. The number of carbonyl (C=O) groups is 1. The molecule has 2 fully saturated rings. The van der Waals surface area contributed by atoms with E-state index in [9.17, 15) is 9.18 Å². The van der Waals surface area contributed by atoms with E-state index in [0.717, 1.165) is 0 Å². The summed E-state index contributed by atoms with van der Waals surface area (Å²) in [5.74, 6) is 0.275. The van der Waals surface area contributed by atoms with Crippen LogP contribution in [0.4, 0.5) is 14.9 Å².